The van der Waals surface area contributed by atoms with Crippen molar-refractivity contribution in [3.05, 3.63) is 65.5 Å². The summed E-state index contributed by atoms with van der Waals surface area (Å²) >= 11 is 0. The molecule has 0 aliphatic heterocycles. The lowest BCUT2D eigenvalue weighted by molar-refractivity contribution is -0.139. The van der Waals surface area contributed by atoms with Gasteiger partial charge < -0.3 is 9.84 Å². The molecule has 5 heteroatoms. The number of nitrogens with one attached hydrogen (secondary N) is 1. The zero-order valence-electron chi connectivity index (χ0n) is 11.5. The topological polar surface area (TPSA) is 58.6 Å². The molecule has 0 heterocycles. The molecule has 110 valence electrons. The van der Waals surface area contributed by atoms with Gasteiger partial charge in [-0.25, -0.2) is 4.39 Å². The summed E-state index contributed by atoms with van der Waals surface area (Å²) in [6.07, 6.45) is 0. The SMILES string of the molecule is COc1ccc(C(NCc2ccc(F)cc2)C(=O)O)cc1. The van der Waals surface area contributed by atoms with Crippen molar-refractivity contribution < 1.29 is 19.0 Å². The maximum absolute atomic E-state index is 12.8. The third-order valence-corrected chi connectivity index (χ3v) is 3.12. The minimum Gasteiger partial charge on any atom is -0.497 e. The molecule has 0 saturated heterocycles. The molecule has 4 nitrogen and oxygen atoms in total. The van der Waals surface area contributed by atoms with Gasteiger partial charge in [-0.05, 0) is 35.4 Å². The monoisotopic (exact) mass is 289 g/mol. The molecule has 0 bridgehead atoms. The van der Waals surface area contributed by atoms with Crippen LogP contribution in [0.25, 0.3) is 0 Å². The van der Waals surface area contributed by atoms with Crippen molar-refractivity contribution in [2.75, 3.05) is 7.11 Å². The molecule has 2 rings (SSSR count). The number of carboxylic acids is 1. The van der Waals surface area contributed by atoms with E-state index in [0.717, 1.165) is 5.56 Å². The Morgan fingerprint density at radius 2 is 1.81 bits per heavy atom. The minimum atomic E-state index is -0.970. The van der Waals surface area contributed by atoms with Crippen molar-refractivity contribution >= 4 is 5.97 Å². The van der Waals surface area contributed by atoms with Gasteiger partial charge in [-0.15, -0.1) is 0 Å². The Morgan fingerprint density at radius 3 is 2.33 bits per heavy atom. The number of carbonyl (C=O) groups is 1. The average Bonchev–Trinajstić information content (AvgIpc) is 2.49. The summed E-state index contributed by atoms with van der Waals surface area (Å²) in [7, 11) is 1.55. The van der Waals surface area contributed by atoms with Gasteiger partial charge in [-0.2, -0.15) is 0 Å². The largest absolute Gasteiger partial charge is 0.497 e. The van der Waals surface area contributed by atoms with E-state index in [-0.39, 0.29) is 5.82 Å². The standard InChI is InChI=1S/C16H16FNO3/c1-21-14-8-4-12(5-9-14)15(16(19)20)18-10-11-2-6-13(17)7-3-11/h2-9,15,18H,10H2,1H3,(H,19,20). The fraction of sp³-hybridized carbons (Fsp3) is 0.188. The van der Waals surface area contributed by atoms with Crippen LogP contribution in [0.4, 0.5) is 4.39 Å². The molecule has 21 heavy (non-hydrogen) atoms. The second-order valence-electron chi connectivity index (χ2n) is 4.55. The third-order valence-electron chi connectivity index (χ3n) is 3.12. The lowest BCUT2D eigenvalue weighted by Gasteiger charge is -2.15. The number of rotatable bonds is 6. The molecule has 0 aromatic heterocycles. The summed E-state index contributed by atoms with van der Waals surface area (Å²) < 4.78 is 17.9. The number of methoxy groups -OCH3 is 1. The van der Waals surface area contributed by atoms with Gasteiger partial charge in [0.05, 0.1) is 7.11 Å². The molecule has 2 aromatic rings. The van der Waals surface area contributed by atoms with Crippen molar-refractivity contribution in [3.8, 4) is 5.75 Å². The molecule has 0 saturated carbocycles. The van der Waals surface area contributed by atoms with Crippen molar-refractivity contribution in [2.45, 2.75) is 12.6 Å². The summed E-state index contributed by atoms with van der Waals surface area (Å²) in [4.78, 5) is 11.4. The molecule has 2 aromatic carbocycles. The maximum atomic E-state index is 12.8. The molecule has 0 aliphatic carbocycles. The van der Waals surface area contributed by atoms with E-state index >= 15 is 0 Å². The lowest BCUT2D eigenvalue weighted by Crippen LogP contribution is -2.28. The highest BCUT2D eigenvalue weighted by atomic mass is 19.1. The summed E-state index contributed by atoms with van der Waals surface area (Å²) in [6.45, 7) is 0.337. The van der Waals surface area contributed by atoms with Crippen LogP contribution >= 0.6 is 0 Å². The number of halogens is 1. The summed E-state index contributed by atoms with van der Waals surface area (Å²) in [6, 6.07) is 11.9. The fourth-order valence-electron chi connectivity index (χ4n) is 1.97. The lowest BCUT2D eigenvalue weighted by atomic mass is 10.1. The van der Waals surface area contributed by atoms with Crippen molar-refractivity contribution in [1.82, 2.24) is 5.32 Å². The van der Waals surface area contributed by atoms with Crippen LogP contribution in [-0.2, 0) is 11.3 Å². The van der Waals surface area contributed by atoms with Crippen molar-refractivity contribution in [1.29, 1.82) is 0 Å². The molecule has 2 N–H and O–H groups in total. The smallest absolute Gasteiger partial charge is 0.325 e. The third kappa shape index (κ3) is 4.03. The molecular formula is C16H16FNO3. The number of benzene rings is 2. The fourth-order valence-corrected chi connectivity index (χ4v) is 1.97. The Hall–Kier alpha value is -2.40. The zero-order chi connectivity index (χ0) is 15.2. The highest BCUT2D eigenvalue weighted by molar-refractivity contribution is 5.75. The first-order valence-corrected chi connectivity index (χ1v) is 6.44. The van der Waals surface area contributed by atoms with Crippen molar-refractivity contribution in [3.63, 3.8) is 0 Å². The van der Waals surface area contributed by atoms with Crippen molar-refractivity contribution in [2.24, 2.45) is 0 Å². The summed E-state index contributed by atoms with van der Waals surface area (Å²) in [5.41, 5.74) is 1.45. The van der Waals surface area contributed by atoms with Crippen LogP contribution in [0.2, 0.25) is 0 Å². The summed E-state index contributed by atoms with van der Waals surface area (Å²) in [5, 5.41) is 12.3. The molecule has 0 amide bonds. The number of carboxylic acid groups (broad SMARTS) is 1. The predicted molar refractivity (Wildman–Crippen MR) is 76.6 cm³/mol. The van der Waals surface area contributed by atoms with E-state index in [4.69, 9.17) is 4.74 Å². The van der Waals surface area contributed by atoms with Crippen LogP contribution in [-0.4, -0.2) is 18.2 Å². The second-order valence-corrected chi connectivity index (χ2v) is 4.55. The molecule has 0 spiro atoms. The molecule has 0 fully saturated rings. The van der Waals surface area contributed by atoms with E-state index in [1.165, 1.54) is 12.1 Å². The van der Waals surface area contributed by atoms with Gasteiger partial charge in [0, 0.05) is 6.54 Å². The van der Waals surface area contributed by atoms with Crippen LogP contribution in [0, 0.1) is 5.82 Å². The number of hydrogen-bond donors (Lipinski definition) is 2. The first-order chi connectivity index (χ1) is 10.1. The molecular weight excluding hydrogens is 273 g/mol. The Morgan fingerprint density at radius 1 is 1.19 bits per heavy atom. The van der Waals surface area contributed by atoms with E-state index in [9.17, 15) is 14.3 Å². The van der Waals surface area contributed by atoms with Crippen LogP contribution in [0.1, 0.15) is 17.2 Å². The van der Waals surface area contributed by atoms with Gasteiger partial charge in [0.2, 0.25) is 0 Å². The van der Waals surface area contributed by atoms with E-state index in [1.54, 1.807) is 43.5 Å². The second kappa shape index (κ2) is 6.85. The van der Waals surface area contributed by atoms with Gasteiger partial charge in [-0.1, -0.05) is 24.3 Å². The van der Waals surface area contributed by atoms with Crippen LogP contribution in [0.3, 0.4) is 0 Å². The molecule has 0 aliphatic rings. The average molecular weight is 289 g/mol. The highest BCUT2D eigenvalue weighted by Crippen LogP contribution is 2.18. The van der Waals surface area contributed by atoms with E-state index < -0.39 is 12.0 Å². The molecule has 1 atom stereocenters. The highest BCUT2D eigenvalue weighted by Gasteiger charge is 2.19. The number of ether oxygens (including phenoxy) is 1. The van der Waals surface area contributed by atoms with Crippen LogP contribution in [0.15, 0.2) is 48.5 Å². The van der Waals surface area contributed by atoms with E-state index in [2.05, 4.69) is 5.32 Å². The van der Waals surface area contributed by atoms with Gasteiger partial charge in [0.1, 0.15) is 17.6 Å². The number of aliphatic carboxylic acids is 1. The van der Waals surface area contributed by atoms with Crippen LogP contribution < -0.4 is 10.1 Å². The van der Waals surface area contributed by atoms with Gasteiger partial charge in [0.25, 0.3) is 0 Å². The minimum absolute atomic E-state index is 0.316. The van der Waals surface area contributed by atoms with Gasteiger partial charge in [0.15, 0.2) is 0 Å². The Kier molecular flexibility index (Phi) is 4.90. The van der Waals surface area contributed by atoms with Gasteiger partial charge >= 0.3 is 5.97 Å². The van der Waals surface area contributed by atoms with Gasteiger partial charge in [-0.3, -0.25) is 10.1 Å². The summed E-state index contributed by atoms with van der Waals surface area (Å²) in [5.74, 6) is -0.618. The molecule has 1 unspecified atom stereocenters. The Labute approximate surface area is 122 Å². The van der Waals surface area contributed by atoms with Crippen LogP contribution in [0.5, 0.6) is 5.75 Å². The Balaban J connectivity index is 2.08. The first-order valence-electron chi connectivity index (χ1n) is 6.44. The zero-order valence-corrected chi connectivity index (χ0v) is 11.5. The Bertz CT molecular complexity index is 596. The number of hydrogen-bond acceptors (Lipinski definition) is 3. The van der Waals surface area contributed by atoms with E-state index in [1.807, 2.05) is 0 Å². The normalized spacial score (nSPS) is 11.9. The molecule has 0 radical (unpaired) electrons. The van der Waals surface area contributed by atoms with E-state index in [0.29, 0.717) is 17.9 Å². The first kappa shape index (κ1) is 15.0. The maximum Gasteiger partial charge on any atom is 0.325 e. The quantitative estimate of drug-likeness (QED) is 0.858. The predicted octanol–water partition coefficient (Wildman–Crippen LogP) is 2.75.